The lowest BCUT2D eigenvalue weighted by Crippen LogP contribution is -2.55. The SMILES string of the molecule is NC(=O)C1(O)CCCN(Cc2cc(Cl)ccc2F)C1. The molecule has 1 unspecified atom stereocenters. The fourth-order valence-corrected chi connectivity index (χ4v) is 2.56. The zero-order valence-corrected chi connectivity index (χ0v) is 11.2. The number of benzene rings is 1. The number of piperidine rings is 1. The number of likely N-dealkylation sites (tertiary alicyclic amines) is 1. The minimum absolute atomic E-state index is 0.119. The van der Waals surface area contributed by atoms with E-state index in [4.69, 9.17) is 17.3 Å². The van der Waals surface area contributed by atoms with Gasteiger partial charge in [0.2, 0.25) is 0 Å². The Balaban J connectivity index is 2.11. The standard InChI is InChI=1S/C13H16ClFN2O2/c14-10-2-3-11(15)9(6-10)7-17-5-1-4-13(19,8-17)12(16)18/h2-3,6,19H,1,4-5,7-8H2,(H2,16,18). The molecule has 1 atom stereocenters. The number of β-amino-alcohol motifs (C(OH)–C–C–N with tert-alkyl or cyclic N) is 1. The van der Waals surface area contributed by atoms with Gasteiger partial charge in [-0.1, -0.05) is 11.6 Å². The van der Waals surface area contributed by atoms with E-state index in [1.165, 1.54) is 12.1 Å². The number of aliphatic hydroxyl groups is 1. The summed E-state index contributed by atoms with van der Waals surface area (Å²) < 4.78 is 13.6. The number of halogens is 2. The summed E-state index contributed by atoms with van der Waals surface area (Å²) in [5.41, 5.74) is 4.13. The second kappa shape index (κ2) is 5.45. The van der Waals surface area contributed by atoms with Crippen LogP contribution in [0.3, 0.4) is 0 Å². The van der Waals surface area contributed by atoms with Crippen LogP contribution in [0.15, 0.2) is 18.2 Å². The van der Waals surface area contributed by atoms with Crippen LogP contribution < -0.4 is 5.73 Å². The molecule has 6 heteroatoms. The topological polar surface area (TPSA) is 66.6 Å². The monoisotopic (exact) mass is 286 g/mol. The minimum Gasteiger partial charge on any atom is -0.379 e. The van der Waals surface area contributed by atoms with Crippen molar-refractivity contribution in [2.75, 3.05) is 13.1 Å². The van der Waals surface area contributed by atoms with E-state index in [9.17, 15) is 14.3 Å². The number of primary amides is 1. The van der Waals surface area contributed by atoms with Crippen LogP contribution in [-0.4, -0.2) is 34.6 Å². The van der Waals surface area contributed by atoms with E-state index < -0.39 is 11.5 Å². The molecule has 0 saturated carbocycles. The third-order valence-corrected chi connectivity index (χ3v) is 3.65. The molecule has 0 radical (unpaired) electrons. The van der Waals surface area contributed by atoms with Gasteiger partial charge in [0.15, 0.2) is 5.60 Å². The molecule has 2 rings (SSSR count). The Morgan fingerprint density at radius 1 is 1.58 bits per heavy atom. The van der Waals surface area contributed by atoms with Crippen molar-refractivity contribution in [1.29, 1.82) is 0 Å². The van der Waals surface area contributed by atoms with E-state index >= 15 is 0 Å². The number of hydrogen-bond donors (Lipinski definition) is 2. The van der Waals surface area contributed by atoms with Crippen molar-refractivity contribution in [3.63, 3.8) is 0 Å². The first-order valence-electron chi connectivity index (χ1n) is 6.09. The lowest BCUT2D eigenvalue weighted by Gasteiger charge is -2.37. The van der Waals surface area contributed by atoms with E-state index in [0.717, 1.165) is 0 Å². The van der Waals surface area contributed by atoms with Crippen LogP contribution in [0.1, 0.15) is 18.4 Å². The Morgan fingerprint density at radius 3 is 3.00 bits per heavy atom. The summed E-state index contributed by atoms with van der Waals surface area (Å²) in [5, 5.41) is 10.5. The van der Waals surface area contributed by atoms with Gasteiger partial charge >= 0.3 is 0 Å². The highest BCUT2D eigenvalue weighted by atomic mass is 35.5. The van der Waals surface area contributed by atoms with Crippen LogP contribution in [0.2, 0.25) is 5.02 Å². The quantitative estimate of drug-likeness (QED) is 0.880. The predicted octanol–water partition coefficient (Wildman–Crippen LogP) is 1.29. The molecule has 1 amide bonds. The van der Waals surface area contributed by atoms with Crippen molar-refractivity contribution < 1.29 is 14.3 Å². The Labute approximate surface area is 116 Å². The minimum atomic E-state index is -1.52. The van der Waals surface area contributed by atoms with Crippen molar-refractivity contribution in [3.05, 3.63) is 34.6 Å². The largest absolute Gasteiger partial charge is 0.379 e. The molecule has 1 aromatic rings. The number of rotatable bonds is 3. The predicted molar refractivity (Wildman–Crippen MR) is 70.1 cm³/mol. The normalized spacial score (nSPS) is 24.4. The van der Waals surface area contributed by atoms with Gasteiger partial charge in [0.05, 0.1) is 0 Å². The molecule has 1 heterocycles. The summed E-state index contributed by atoms with van der Waals surface area (Å²) in [6, 6.07) is 4.34. The van der Waals surface area contributed by atoms with Crippen LogP contribution >= 0.6 is 11.6 Å². The first-order chi connectivity index (χ1) is 8.90. The Morgan fingerprint density at radius 2 is 2.32 bits per heavy atom. The van der Waals surface area contributed by atoms with Gasteiger partial charge < -0.3 is 10.8 Å². The molecule has 1 aliphatic rings. The van der Waals surface area contributed by atoms with E-state index in [1.807, 2.05) is 4.90 Å². The van der Waals surface area contributed by atoms with Crippen molar-refractivity contribution in [2.45, 2.75) is 25.0 Å². The number of nitrogens with zero attached hydrogens (tertiary/aromatic N) is 1. The molecule has 3 N–H and O–H groups in total. The Kier molecular flexibility index (Phi) is 4.08. The zero-order valence-electron chi connectivity index (χ0n) is 10.4. The smallest absolute Gasteiger partial charge is 0.250 e. The molecule has 1 fully saturated rings. The van der Waals surface area contributed by atoms with Crippen molar-refractivity contribution >= 4 is 17.5 Å². The summed E-state index contributed by atoms with van der Waals surface area (Å²) in [7, 11) is 0. The molecule has 104 valence electrons. The average molecular weight is 287 g/mol. The second-order valence-corrected chi connectivity index (χ2v) is 5.38. The van der Waals surface area contributed by atoms with Crippen LogP contribution in [0.4, 0.5) is 4.39 Å². The summed E-state index contributed by atoms with van der Waals surface area (Å²) in [4.78, 5) is 13.1. The van der Waals surface area contributed by atoms with Gasteiger partial charge in [-0.2, -0.15) is 0 Å². The maximum absolute atomic E-state index is 13.6. The lowest BCUT2D eigenvalue weighted by molar-refractivity contribution is -0.142. The maximum Gasteiger partial charge on any atom is 0.250 e. The number of carbonyl (C=O) groups is 1. The van der Waals surface area contributed by atoms with E-state index in [-0.39, 0.29) is 12.4 Å². The van der Waals surface area contributed by atoms with Crippen molar-refractivity contribution in [1.82, 2.24) is 4.90 Å². The maximum atomic E-state index is 13.6. The zero-order chi connectivity index (χ0) is 14.0. The highest BCUT2D eigenvalue weighted by molar-refractivity contribution is 6.30. The summed E-state index contributed by atoms with van der Waals surface area (Å²) in [5.74, 6) is -1.08. The van der Waals surface area contributed by atoms with Gasteiger partial charge in [-0.15, -0.1) is 0 Å². The van der Waals surface area contributed by atoms with E-state index in [0.29, 0.717) is 36.5 Å². The lowest BCUT2D eigenvalue weighted by atomic mass is 9.92. The molecule has 0 aromatic heterocycles. The average Bonchev–Trinajstić information content (AvgIpc) is 2.34. The van der Waals surface area contributed by atoms with Gasteiger partial charge in [0, 0.05) is 23.7 Å². The molecule has 19 heavy (non-hydrogen) atoms. The summed E-state index contributed by atoms with van der Waals surface area (Å²) in [6.45, 7) is 1.10. The molecule has 1 aromatic carbocycles. The van der Waals surface area contributed by atoms with Gasteiger partial charge in [0.25, 0.3) is 5.91 Å². The molecule has 0 aliphatic carbocycles. The van der Waals surface area contributed by atoms with E-state index in [1.54, 1.807) is 6.07 Å². The van der Waals surface area contributed by atoms with Crippen LogP contribution in [0.5, 0.6) is 0 Å². The first kappa shape index (κ1) is 14.2. The van der Waals surface area contributed by atoms with Crippen molar-refractivity contribution in [3.8, 4) is 0 Å². The Bertz CT molecular complexity index is 498. The van der Waals surface area contributed by atoms with Gasteiger partial charge in [0.1, 0.15) is 5.82 Å². The van der Waals surface area contributed by atoms with Gasteiger partial charge in [-0.25, -0.2) is 4.39 Å². The van der Waals surface area contributed by atoms with Crippen LogP contribution in [0.25, 0.3) is 0 Å². The van der Waals surface area contributed by atoms with Gasteiger partial charge in [-0.05, 0) is 37.6 Å². The molecule has 0 spiro atoms. The molecule has 1 saturated heterocycles. The number of hydrogen-bond acceptors (Lipinski definition) is 3. The highest BCUT2D eigenvalue weighted by Gasteiger charge is 2.38. The summed E-state index contributed by atoms with van der Waals surface area (Å²) >= 11 is 5.83. The highest BCUT2D eigenvalue weighted by Crippen LogP contribution is 2.24. The first-order valence-corrected chi connectivity index (χ1v) is 6.47. The number of amides is 1. The van der Waals surface area contributed by atoms with Crippen LogP contribution in [0, 0.1) is 5.82 Å². The number of carbonyl (C=O) groups excluding carboxylic acids is 1. The molecule has 1 aliphatic heterocycles. The molecule has 0 bridgehead atoms. The number of nitrogens with two attached hydrogens (primary N) is 1. The molecular formula is C13H16ClFN2O2. The van der Waals surface area contributed by atoms with Crippen molar-refractivity contribution in [2.24, 2.45) is 5.73 Å². The Hall–Kier alpha value is -1.17. The van der Waals surface area contributed by atoms with Gasteiger partial charge in [-0.3, -0.25) is 9.69 Å². The fraction of sp³-hybridized carbons (Fsp3) is 0.462. The second-order valence-electron chi connectivity index (χ2n) is 4.95. The fourth-order valence-electron chi connectivity index (χ4n) is 2.36. The third kappa shape index (κ3) is 3.23. The third-order valence-electron chi connectivity index (χ3n) is 3.41. The van der Waals surface area contributed by atoms with Crippen LogP contribution in [-0.2, 0) is 11.3 Å². The molecular weight excluding hydrogens is 271 g/mol. The summed E-state index contributed by atoms with van der Waals surface area (Å²) in [6.07, 6.45) is 0.985. The molecule has 4 nitrogen and oxygen atoms in total. The van der Waals surface area contributed by atoms with E-state index in [2.05, 4.69) is 0 Å².